The molecule has 1 aliphatic rings. The van der Waals surface area contributed by atoms with Crippen molar-refractivity contribution in [3.05, 3.63) is 33.8 Å². The number of hydrogen-bond donors (Lipinski definition) is 0. The highest BCUT2D eigenvalue weighted by atomic mass is 35.5. The Morgan fingerprint density at radius 2 is 2.26 bits per heavy atom. The van der Waals surface area contributed by atoms with Gasteiger partial charge in [-0.05, 0) is 38.0 Å². The summed E-state index contributed by atoms with van der Waals surface area (Å²) in [5.41, 5.74) is 1.37. The molecule has 1 aliphatic heterocycles. The van der Waals surface area contributed by atoms with Gasteiger partial charge in [0, 0.05) is 17.6 Å². The molecule has 0 amide bonds. The van der Waals surface area contributed by atoms with Crippen molar-refractivity contribution in [2.24, 2.45) is 0 Å². The Labute approximate surface area is 116 Å². The average molecular weight is 281 g/mol. The van der Waals surface area contributed by atoms with Crippen LogP contribution in [0.25, 0.3) is 11.1 Å². The monoisotopic (exact) mass is 280 g/mol. The zero-order valence-electron chi connectivity index (χ0n) is 10.9. The Morgan fingerprint density at radius 1 is 1.42 bits per heavy atom. The molecule has 1 atom stereocenters. The molecule has 0 aliphatic carbocycles. The first-order chi connectivity index (χ1) is 9.15. The fourth-order valence-electron chi connectivity index (χ4n) is 2.72. The first-order valence-electron chi connectivity index (χ1n) is 6.68. The second-order valence-electron chi connectivity index (χ2n) is 5.21. The van der Waals surface area contributed by atoms with Crippen LogP contribution in [0.2, 0.25) is 5.02 Å². The third-order valence-electron chi connectivity index (χ3n) is 3.89. The molecule has 1 fully saturated rings. The third-order valence-corrected chi connectivity index (χ3v) is 4.13. The largest absolute Gasteiger partial charge is 0.421 e. The normalized spacial score (nSPS) is 21.1. The van der Waals surface area contributed by atoms with Gasteiger partial charge < -0.3 is 4.42 Å². The lowest BCUT2D eigenvalue weighted by molar-refractivity contribution is 0.120. The third kappa shape index (κ3) is 2.42. The number of hydrogen-bond acceptors (Lipinski definition) is 3. The number of rotatable bonds is 2. The predicted octanol–water partition coefficient (Wildman–Crippen LogP) is 3.08. The molecule has 102 valence electrons. The minimum Gasteiger partial charge on any atom is -0.408 e. The van der Waals surface area contributed by atoms with Gasteiger partial charge in [0.15, 0.2) is 5.58 Å². The molecule has 1 aromatic carbocycles. The van der Waals surface area contributed by atoms with Crippen molar-refractivity contribution in [3.63, 3.8) is 0 Å². The Kier molecular flexibility index (Phi) is 3.37. The van der Waals surface area contributed by atoms with Gasteiger partial charge in [0.1, 0.15) is 0 Å². The summed E-state index contributed by atoms with van der Waals surface area (Å²) in [4.78, 5) is 14.3. The van der Waals surface area contributed by atoms with Crippen LogP contribution in [0.15, 0.2) is 27.4 Å². The van der Waals surface area contributed by atoms with Gasteiger partial charge in [0.2, 0.25) is 0 Å². The number of piperidine rings is 1. The number of nitrogens with zero attached hydrogens (tertiary/aromatic N) is 2. The number of aromatic nitrogens is 1. The van der Waals surface area contributed by atoms with Crippen LogP contribution in [0.1, 0.15) is 26.2 Å². The fraction of sp³-hybridized carbons (Fsp3) is 0.500. The summed E-state index contributed by atoms with van der Waals surface area (Å²) in [6.07, 6.45) is 3.64. The molecule has 2 aromatic rings. The van der Waals surface area contributed by atoms with Crippen LogP contribution in [0.3, 0.4) is 0 Å². The minimum absolute atomic E-state index is 0.310. The number of fused-ring (bicyclic) bond motifs is 1. The van der Waals surface area contributed by atoms with Crippen LogP contribution in [-0.4, -0.2) is 22.1 Å². The summed E-state index contributed by atoms with van der Waals surface area (Å²) in [6.45, 7) is 3.81. The number of benzene rings is 1. The first-order valence-corrected chi connectivity index (χ1v) is 7.06. The van der Waals surface area contributed by atoms with Crippen LogP contribution in [0.5, 0.6) is 0 Å². The molecule has 1 aromatic heterocycles. The van der Waals surface area contributed by atoms with Crippen LogP contribution in [0, 0.1) is 0 Å². The second kappa shape index (κ2) is 5.02. The van der Waals surface area contributed by atoms with Gasteiger partial charge in [-0.15, -0.1) is 0 Å². The molecular formula is C14H17ClN2O2. The molecule has 1 saturated heterocycles. The van der Waals surface area contributed by atoms with Gasteiger partial charge >= 0.3 is 5.76 Å². The summed E-state index contributed by atoms with van der Waals surface area (Å²) in [6, 6.07) is 5.77. The molecule has 0 N–H and O–H groups in total. The smallest absolute Gasteiger partial charge is 0.408 e. The van der Waals surface area contributed by atoms with Crippen LogP contribution < -0.4 is 5.76 Å². The summed E-state index contributed by atoms with van der Waals surface area (Å²) in [7, 11) is 0. The van der Waals surface area contributed by atoms with E-state index in [-0.39, 0.29) is 5.76 Å². The number of oxazole rings is 1. The quantitative estimate of drug-likeness (QED) is 0.848. The molecule has 5 heteroatoms. The van der Waals surface area contributed by atoms with Crippen LogP contribution in [-0.2, 0) is 6.67 Å². The lowest BCUT2D eigenvalue weighted by atomic mass is 10.0. The van der Waals surface area contributed by atoms with Crippen LogP contribution >= 0.6 is 11.6 Å². The molecule has 1 unspecified atom stereocenters. The second-order valence-corrected chi connectivity index (χ2v) is 5.64. The maximum atomic E-state index is 12.0. The Morgan fingerprint density at radius 3 is 3.05 bits per heavy atom. The van der Waals surface area contributed by atoms with E-state index in [9.17, 15) is 4.79 Å². The summed E-state index contributed by atoms with van der Waals surface area (Å²) < 4.78 is 6.92. The van der Waals surface area contributed by atoms with Crippen molar-refractivity contribution in [3.8, 4) is 0 Å². The van der Waals surface area contributed by atoms with Crippen molar-refractivity contribution >= 4 is 22.7 Å². The highest BCUT2D eigenvalue weighted by Gasteiger charge is 2.20. The summed E-state index contributed by atoms with van der Waals surface area (Å²) in [5.74, 6) is -0.310. The molecule has 2 heterocycles. The van der Waals surface area contributed by atoms with Crippen molar-refractivity contribution in [2.45, 2.75) is 38.9 Å². The standard InChI is InChI=1S/C14H17ClN2O2/c1-10-4-2-3-7-16(10)9-17-12-8-11(15)5-6-13(12)19-14(17)18/h5-6,8,10H,2-4,7,9H2,1H3. The van der Waals surface area contributed by atoms with Gasteiger partial charge in [0.25, 0.3) is 0 Å². The van der Waals surface area contributed by atoms with E-state index in [0.717, 1.165) is 12.1 Å². The molecule has 0 radical (unpaired) electrons. The maximum absolute atomic E-state index is 12.0. The van der Waals surface area contributed by atoms with Crippen LogP contribution in [0.4, 0.5) is 0 Å². The van der Waals surface area contributed by atoms with E-state index in [4.69, 9.17) is 16.0 Å². The van der Waals surface area contributed by atoms with Gasteiger partial charge in [-0.25, -0.2) is 4.79 Å². The molecular weight excluding hydrogens is 264 g/mol. The van der Waals surface area contributed by atoms with Crippen molar-refractivity contribution in [1.29, 1.82) is 0 Å². The average Bonchev–Trinajstić information content (AvgIpc) is 2.69. The summed E-state index contributed by atoms with van der Waals surface area (Å²) in [5, 5.41) is 0.619. The van der Waals surface area contributed by atoms with Crippen molar-refractivity contribution in [2.75, 3.05) is 6.54 Å². The minimum atomic E-state index is -0.310. The van der Waals surface area contributed by atoms with Gasteiger partial charge in [-0.3, -0.25) is 9.47 Å². The lowest BCUT2D eigenvalue weighted by Crippen LogP contribution is -2.40. The van der Waals surface area contributed by atoms with Gasteiger partial charge in [-0.1, -0.05) is 18.0 Å². The predicted molar refractivity (Wildman–Crippen MR) is 75.5 cm³/mol. The topological polar surface area (TPSA) is 38.4 Å². The van der Waals surface area contributed by atoms with Crippen molar-refractivity contribution < 1.29 is 4.42 Å². The molecule has 3 rings (SSSR count). The SMILES string of the molecule is CC1CCCCN1Cn1c(=O)oc2ccc(Cl)cc21. The van der Waals surface area contributed by atoms with Crippen molar-refractivity contribution in [1.82, 2.24) is 9.47 Å². The highest BCUT2D eigenvalue weighted by Crippen LogP contribution is 2.21. The fourth-order valence-corrected chi connectivity index (χ4v) is 2.88. The van der Waals surface area contributed by atoms with E-state index in [1.165, 1.54) is 19.3 Å². The number of likely N-dealkylation sites (tertiary alicyclic amines) is 1. The lowest BCUT2D eigenvalue weighted by Gasteiger charge is -2.33. The maximum Gasteiger partial charge on any atom is 0.421 e. The zero-order valence-corrected chi connectivity index (χ0v) is 11.7. The molecule has 19 heavy (non-hydrogen) atoms. The first kappa shape index (κ1) is 12.8. The molecule has 0 spiro atoms. The van der Waals surface area contributed by atoms with E-state index < -0.39 is 0 Å². The molecule has 0 saturated carbocycles. The molecule has 4 nitrogen and oxygen atoms in total. The van der Waals surface area contributed by atoms with E-state index in [1.54, 1.807) is 22.8 Å². The molecule has 0 bridgehead atoms. The number of halogens is 1. The van der Waals surface area contributed by atoms with E-state index in [2.05, 4.69) is 11.8 Å². The Hall–Kier alpha value is -1.26. The van der Waals surface area contributed by atoms with E-state index in [0.29, 0.717) is 23.3 Å². The van der Waals surface area contributed by atoms with Gasteiger partial charge in [-0.2, -0.15) is 0 Å². The zero-order chi connectivity index (χ0) is 13.4. The highest BCUT2D eigenvalue weighted by molar-refractivity contribution is 6.31. The Balaban J connectivity index is 1.97. The van der Waals surface area contributed by atoms with Gasteiger partial charge in [0.05, 0.1) is 12.2 Å². The van der Waals surface area contributed by atoms with E-state index >= 15 is 0 Å². The summed E-state index contributed by atoms with van der Waals surface area (Å²) >= 11 is 6.00. The Bertz CT molecular complexity index is 646. The van der Waals surface area contributed by atoms with E-state index in [1.807, 2.05) is 0 Å².